The molecule has 0 bridgehead atoms. The van der Waals surface area contributed by atoms with Gasteiger partial charge in [0.2, 0.25) is 29.3 Å². The maximum Gasteiger partial charge on any atom is 0.330 e. The van der Waals surface area contributed by atoms with E-state index >= 15 is 0 Å². The average molecular weight is 381 g/mol. The third-order valence-electron chi connectivity index (χ3n) is 4.16. The lowest BCUT2D eigenvalue weighted by molar-refractivity contribution is -0.534. The Morgan fingerprint density at radius 2 is 1.36 bits per heavy atom. The van der Waals surface area contributed by atoms with Crippen molar-refractivity contribution in [3.63, 3.8) is 0 Å². The summed E-state index contributed by atoms with van der Waals surface area (Å²) in [7, 11) is -5.14. The summed E-state index contributed by atoms with van der Waals surface area (Å²) >= 11 is 0. The highest BCUT2D eigenvalue weighted by atomic mass is 32.2. The van der Waals surface area contributed by atoms with Gasteiger partial charge in [0.1, 0.15) is 0 Å². The van der Waals surface area contributed by atoms with Crippen LogP contribution >= 0.6 is 0 Å². The molecule has 0 atom stereocenters. The van der Waals surface area contributed by atoms with Crippen LogP contribution in [0.3, 0.4) is 0 Å². The Hall–Kier alpha value is -1.15. The average Bonchev–Trinajstić information content (AvgIpc) is 2.55. The van der Waals surface area contributed by atoms with E-state index in [1.54, 1.807) is 0 Å². The Morgan fingerprint density at radius 1 is 0.880 bits per heavy atom. The number of rotatable bonds is 12. The van der Waals surface area contributed by atoms with Crippen LogP contribution in [-0.2, 0) is 16.7 Å². The molecule has 1 heterocycles. The predicted octanol–water partition coefficient (Wildman–Crippen LogP) is 4.16. The molecule has 0 N–H and O–H groups in total. The predicted molar refractivity (Wildman–Crippen MR) is 87.2 cm³/mol. The van der Waals surface area contributed by atoms with E-state index in [0.29, 0.717) is 12.8 Å². The Labute approximate surface area is 148 Å². The first-order valence-electron chi connectivity index (χ1n) is 8.83. The van der Waals surface area contributed by atoms with Crippen molar-refractivity contribution in [2.45, 2.75) is 77.6 Å². The van der Waals surface area contributed by atoms with E-state index in [-0.39, 0.29) is 16.6 Å². The minimum atomic E-state index is -5.14. The molecule has 0 aliphatic rings. The van der Waals surface area contributed by atoms with Gasteiger partial charge in [0.05, 0.1) is 0 Å². The second kappa shape index (κ2) is 10.8. The summed E-state index contributed by atoms with van der Waals surface area (Å²) in [6.07, 6.45) is 10.3. The first-order valence-corrected chi connectivity index (χ1v) is 10.2. The number of unbranched alkanes of at least 4 members (excludes halogenated alkanes) is 9. The van der Waals surface area contributed by atoms with Gasteiger partial charge in [-0.1, -0.05) is 68.7 Å². The SMILES string of the molecule is CCCCCCCCCCCCc1c(F)c(F)c(F)c[n+]1S(=O)(=O)[O-]. The molecule has 0 aliphatic carbocycles. The molecule has 0 aromatic carbocycles. The Kier molecular flexibility index (Phi) is 9.42. The molecular weight excluding hydrogens is 355 g/mol. The summed E-state index contributed by atoms with van der Waals surface area (Å²) in [5.41, 5.74) is -0.631. The van der Waals surface area contributed by atoms with Gasteiger partial charge in [0.25, 0.3) is 0 Å². The largest absolute Gasteiger partial charge is 0.693 e. The van der Waals surface area contributed by atoms with Crippen LogP contribution in [0.25, 0.3) is 0 Å². The number of aromatic nitrogens is 1. The first-order chi connectivity index (χ1) is 11.8. The maximum atomic E-state index is 13.8. The summed E-state index contributed by atoms with van der Waals surface area (Å²) in [5, 5.41) is 0. The molecule has 0 saturated carbocycles. The maximum absolute atomic E-state index is 13.8. The monoisotopic (exact) mass is 381 g/mol. The highest BCUT2D eigenvalue weighted by Gasteiger charge is 2.28. The summed E-state index contributed by atoms with van der Waals surface area (Å²) in [5.74, 6) is -5.08. The van der Waals surface area contributed by atoms with Crippen molar-refractivity contribution in [1.82, 2.24) is 0 Å². The molecule has 1 rings (SSSR count). The van der Waals surface area contributed by atoms with Crippen molar-refractivity contribution in [2.24, 2.45) is 0 Å². The van der Waals surface area contributed by atoms with Crippen LogP contribution in [0.15, 0.2) is 6.20 Å². The van der Waals surface area contributed by atoms with Crippen molar-refractivity contribution in [3.05, 3.63) is 29.3 Å². The van der Waals surface area contributed by atoms with Gasteiger partial charge in [-0.3, -0.25) is 0 Å². The van der Waals surface area contributed by atoms with Crippen LogP contribution in [0, 0.1) is 17.5 Å². The lowest BCUT2D eigenvalue weighted by Crippen LogP contribution is -2.47. The highest BCUT2D eigenvalue weighted by Crippen LogP contribution is 2.16. The van der Waals surface area contributed by atoms with Gasteiger partial charge in [-0.25, -0.2) is 0 Å². The molecule has 25 heavy (non-hydrogen) atoms. The lowest BCUT2D eigenvalue weighted by Gasteiger charge is -2.08. The second-order valence-electron chi connectivity index (χ2n) is 6.24. The zero-order valence-corrected chi connectivity index (χ0v) is 15.4. The Bertz CT molecular complexity index is 651. The number of nitrogens with zero attached hydrogens (tertiary/aromatic N) is 1. The molecule has 1 aromatic heterocycles. The molecule has 1 aromatic rings. The van der Waals surface area contributed by atoms with Crippen molar-refractivity contribution in [2.75, 3.05) is 0 Å². The minimum absolute atomic E-state index is 0.0471. The van der Waals surface area contributed by atoms with Crippen LogP contribution in [0.5, 0.6) is 0 Å². The van der Waals surface area contributed by atoms with Crippen LogP contribution in [0.2, 0.25) is 0 Å². The van der Waals surface area contributed by atoms with Gasteiger partial charge in [0.15, 0.2) is 0 Å². The third kappa shape index (κ3) is 7.32. The molecule has 0 unspecified atom stereocenters. The summed E-state index contributed by atoms with van der Waals surface area (Å²) in [6, 6.07) is 0. The van der Waals surface area contributed by atoms with Crippen molar-refractivity contribution < 1.29 is 30.1 Å². The van der Waals surface area contributed by atoms with E-state index in [1.807, 2.05) is 0 Å². The van der Waals surface area contributed by atoms with Gasteiger partial charge in [-0.2, -0.15) is 21.6 Å². The fraction of sp³-hybridized carbons (Fsp3) is 0.706. The zero-order chi connectivity index (χ0) is 18.9. The van der Waals surface area contributed by atoms with Crippen LogP contribution in [-0.4, -0.2) is 13.0 Å². The zero-order valence-electron chi connectivity index (χ0n) is 14.6. The number of pyridine rings is 1. The molecular formula is C17H26F3NO3S. The molecule has 0 fully saturated rings. The molecule has 0 aliphatic heterocycles. The topological polar surface area (TPSA) is 61.1 Å². The van der Waals surface area contributed by atoms with E-state index in [0.717, 1.165) is 19.3 Å². The van der Waals surface area contributed by atoms with E-state index in [4.69, 9.17) is 0 Å². The molecule has 0 saturated heterocycles. The van der Waals surface area contributed by atoms with E-state index in [9.17, 15) is 26.1 Å². The number of hydrogen-bond donors (Lipinski definition) is 0. The van der Waals surface area contributed by atoms with Crippen LogP contribution < -0.4 is 3.97 Å². The highest BCUT2D eigenvalue weighted by molar-refractivity contribution is 7.78. The van der Waals surface area contributed by atoms with Gasteiger partial charge >= 0.3 is 10.3 Å². The smallest absolute Gasteiger partial charge is 0.330 e. The molecule has 8 heteroatoms. The lowest BCUT2D eigenvalue weighted by atomic mass is 10.0. The molecule has 0 radical (unpaired) electrons. The van der Waals surface area contributed by atoms with Gasteiger partial charge in [0, 0.05) is 6.42 Å². The molecule has 0 spiro atoms. The third-order valence-corrected chi connectivity index (χ3v) is 4.97. The first kappa shape index (κ1) is 21.9. The quantitative estimate of drug-likeness (QED) is 0.310. The number of hydrogen-bond acceptors (Lipinski definition) is 3. The molecule has 144 valence electrons. The standard InChI is InChI=1S/C17H26F3NO3S/c1-2-3-4-5-6-7-8-9-10-11-12-15-17(20)16(19)14(18)13-21(15)25(22,23)24/h13H,2-12H2,1H3. The molecule has 0 amide bonds. The second-order valence-corrected chi connectivity index (χ2v) is 7.49. The van der Waals surface area contributed by atoms with E-state index in [2.05, 4.69) is 6.92 Å². The summed E-state index contributed by atoms with van der Waals surface area (Å²) < 4.78 is 73.5. The summed E-state index contributed by atoms with van der Waals surface area (Å²) in [4.78, 5) is 0. The normalized spacial score (nSPS) is 11.9. The van der Waals surface area contributed by atoms with E-state index < -0.39 is 33.4 Å². The fourth-order valence-corrected chi connectivity index (χ4v) is 3.43. The van der Waals surface area contributed by atoms with Gasteiger partial charge in [-0.15, -0.1) is 0 Å². The van der Waals surface area contributed by atoms with Crippen molar-refractivity contribution in [3.8, 4) is 0 Å². The Morgan fingerprint density at radius 3 is 1.84 bits per heavy atom. The molecule has 4 nitrogen and oxygen atoms in total. The number of halogens is 3. The van der Waals surface area contributed by atoms with Gasteiger partial charge in [-0.05, 0) is 6.42 Å². The van der Waals surface area contributed by atoms with Crippen molar-refractivity contribution >= 4 is 10.3 Å². The van der Waals surface area contributed by atoms with Crippen LogP contribution in [0.1, 0.15) is 76.8 Å². The minimum Gasteiger partial charge on any atom is -0.693 e. The van der Waals surface area contributed by atoms with Crippen LogP contribution in [0.4, 0.5) is 13.2 Å². The van der Waals surface area contributed by atoms with Crippen molar-refractivity contribution in [1.29, 1.82) is 0 Å². The Balaban J connectivity index is 2.46. The summed E-state index contributed by atoms with van der Waals surface area (Å²) in [6.45, 7) is 2.16. The fourth-order valence-electron chi connectivity index (χ4n) is 2.77. The van der Waals surface area contributed by atoms with Gasteiger partial charge < -0.3 is 4.55 Å². The van der Waals surface area contributed by atoms with E-state index in [1.165, 1.54) is 32.1 Å².